The number of rotatable bonds is 3. The van der Waals surface area contributed by atoms with Crippen molar-refractivity contribution in [3.8, 4) is 0 Å². The second kappa shape index (κ2) is 5.04. The first-order valence-electron chi connectivity index (χ1n) is 6.46. The molecule has 0 spiro atoms. The average Bonchev–Trinajstić information content (AvgIpc) is 2.29. The Morgan fingerprint density at radius 2 is 1.94 bits per heavy atom. The van der Waals surface area contributed by atoms with Crippen LogP contribution in [0.5, 0.6) is 0 Å². The second-order valence-electron chi connectivity index (χ2n) is 5.91. The summed E-state index contributed by atoms with van der Waals surface area (Å²) in [5.41, 5.74) is -0.279. The van der Waals surface area contributed by atoms with Gasteiger partial charge in [0.05, 0.1) is 12.2 Å². The summed E-state index contributed by atoms with van der Waals surface area (Å²) in [5.74, 6) is 0. The zero-order chi connectivity index (χ0) is 12.4. The predicted molar refractivity (Wildman–Crippen MR) is 65.0 cm³/mol. The smallest absolute Gasteiger partial charge is 0.127 e. The Bertz CT molecular complexity index is 272. The maximum atomic E-state index is 11.4. The number of aldehydes is 1. The summed E-state index contributed by atoms with van der Waals surface area (Å²) < 4.78 is 11.1. The molecule has 0 unspecified atom stereocenters. The van der Waals surface area contributed by atoms with E-state index in [2.05, 4.69) is 18.7 Å². The van der Waals surface area contributed by atoms with Crippen molar-refractivity contribution < 1.29 is 14.3 Å². The molecule has 4 nitrogen and oxygen atoms in total. The van der Waals surface area contributed by atoms with E-state index in [-0.39, 0.29) is 11.0 Å². The van der Waals surface area contributed by atoms with E-state index in [0.29, 0.717) is 13.2 Å². The maximum absolute atomic E-state index is 11.4. The molecule has 0 aliphatic carbocycles. The zero-order valence-electron chi connectivity index (χ0n) is 10.9. The van der Waals surface area contributed by atoms with Gasteiger partial charge in [0.2, 0.25) is 0 Å². The van der Waals surface area contributed by atoms with Gasteiger partial charge >= 0.3 is 0 Å². The van der Waals surface area contributed by atoms with Crippen LogP contribution < -0.4 is 0 Å². The normalized spacial score (nSPS) is 28.8. The van der Waals surface area contributed by atoms with Crippen molar-refractivity contribution >= 4 is 6.29 Å². The first kappa shape index (κ1) is 13.0. The Hall–Kier alpha value is -0.450. The van der Waals surface area contributed by atoms with E-state index in [1.165, 1.54) is 0 Å². The van der Waals surface area contributed by atoms with Gasteiger partial charge in [-0.3, -0.25) is 4.90 Å². The number of morpholine rings is 1. The van der Waals surface area contributed by atoms with Crippen LogP contribution in [0.25, 0.3) is 0 Å². The number of ether oxygens (including phenoxy) is 2. The fraction of sp³-hybridized carbons (Fsp3) is 0.923. The minimum atomic E-state index is -0.189. The van der Waals surface area contributed by atoms with E-state index < -0.39 is 0 Å². The molecule has 2 heterocycles. The van der Waals surface area contributed by atoms with E-state index in [1.54, 1.807) is 0 Å². The summed E-state index contributed by atoms with van der Waals surface area (Å²) in [7, 11) is 0. The first-order valence-corrected chi connectivity index (χ1v) is 6.46. The number of nitrogens with zero attached hydrogens (tertiary/aromatic N) is 1. The van der Waals surface area contributed by atoms with Crippen molar-refractivity contribution in [3.63, 3.8) is 0 Å². The van der Waals surface area contributed by atoms with Gasteiger partial charge in [0.15, 0.2) is 0 Å². The second-order valence-corrected chi connectivity index (χ2v) is 5.91. The van der Waals surface area contributed by atoms with Crippen LogP contribution >= 0.6 is 0 Å². The van der Waals surface area contributed by atoms with Crippen molar-refractivity contribution in [3.05, 3.63) is 0 Å². The number of hydrogen-bond acceptors (Lipinski definition) is 4. The van der Waals surface area contributed by atoms with E-state index >= 15 is 0 Å². The van der Waals surface area contributed by atoms with Gasteiger partial charge in [0, 0.05) is 38.3 Å². The molecule has 4 heteroatoms. The summed E-state index contributed by atoms with van der Waals surface area (Å²) >= 11 is 0. The summed E-state index contributed by atoms with van der Waals surface area (Å²) in [6.07, 6.45) is 2.86. The van der Waals surface area contributed by atoms with E-state index in [0.717, 1.165) is 45.4 Å². The van der Waals surface area contributed by atoms with Crippen LogP contribution in [0.15, 0.2) is 0 Å². The van der Waals surface area contributed by atoms with Gasteiger partial charge in [0.25, 0.3) is 0 Å². The molecule has 98 valence electrons. The monoisotopic (exact) mass is 241 g/mol. The molecule has 2 aliphatic rings. The highest BCUT2D eigenvalue weighted by atomic mass is 16.5. The van der Waals surface area contributed by atoms with Crippen molar-refractivity contribution in [1.82, 2.24) is 4.90 Å². The van der Waals surface area contributed by atoms with Gasteiger partial charge in [-0.15, -0.1) is 0 Å². The largest absolute Gasteiger partial charge is 0.381 e. The predicted octanol–water partition coefficient (Wildman–Crippen LogP) is 1.09. The highest BCUT2D eigenvalue weighted by molar-refractivity contribution is 5.60. The molecule has 2 aliphatic heterocycles. The molecule has 0 saturated carbocycles. The topological polar surface area (TPSA) is 38.8 Å². The fourth-order valence-corrected chi connectivity index (χ4v) is 2.79. The first-order chi connectivity index (χ1) is 8.05. The molecular weight excluding hydrogens is 218 g/mol. The van der Waals surface area contributed by atoms with Crippen LogP contribution in [-0.4, -0.2) is 56.2 Å². The van der Waals surface area contributed by atoms with Crippen molar-refractivity contribution in [1.29, 1.82) is 0 Å². The van der Waals surface area contributed by atoms with Crippen LogP contribution in [0.1, 0.15) is 26.7 Å². The van der Waals surface area contributed by atoms with Gasteiger partial charge in [-0.2, -0.15) is 0 Å². The molecule has 0 aromatic carbocycles. The van der Waals surface area contributed by atoms with Gasteiger partial charge < -0.3 is 14.3 Å². The molecule has 0 aromatic rings. The minimum Gasteiger partial charge on any atom is -0.381 e. The third kappa shape index (κ3) is 3.27. The Morgan fingerprint density at radius 1 is 1.24 bits per heavy atom. The third-order valence-electron chi connectivity index (χ3n) is 3.78. The SMILES string of the molecule is CC1(C)CN(CC2(C=O)CCOCC2)CCO1. The molecule has 0 aromatic heterocycles. The van der Waals surface area contributed by atoms with Crippen LogP contribution in [0.2, 0.25) is 0 Å². The van der Waals surface area contributed by atoms with Crippen LogP contribution in [0.4, 0.5) is 0 Å². The van der Waals surface area contributed by atoms with Crippen molar-refractivity contribution in [2.75, 3.05) is 39.5 Å². The van der Waals surface area contributed by atoms with Crippen molar-refractivity contribution in [2.45, 2.75) is 32.3 Å². The highest BCUT2D eigenvalue weighted by Gasteiger charge is 2.37. The lowest BCUT2D eigenvalue weighted by atomic mass is 9.81. The molecule has 2 fully saturated rings. The highest BCUT2D eigenvalue weighted by Crippen LogP contribution is 2.30. The zero-order valence-corrected chi connectivity index (χ0v) is 10.9. The Kier molecular flexibility index (Phi) is 3.85. The van der Waals surface area contributed by atoms with Crippen molar-refractivity contribution in [2.24, 2.45) is 5.41 Å². The van der Waals surface area contributed by atoms with Crippen LogP contribution in [-0.2, 0) is 14.3 Å². The fourth-order valence-electron chi connectivity index (χ4n) is 2.79. The Balaban J connectivity index is 1.96. The molecule has 0 radical (unpaired) electrons. The van der Waals surface area contributed by atoms with Gasteiger partial charge in [-0.1, -0.05) is 0 Å². The quantitative estimate of drug-likeness (QED) is 0.693. The standard InChI is InChI=1S/C13H23NO3/c1-12(2)9-14(5-8-17-12)10-13(11-15)3-6-16-7-4-13/h11H,3-10H2,1-2H3. The third-order valence-corrected chi connectivity index (χ3v) is 3.78. The van der Waals surface area contributed by atoms with E-state index in [9.17, 15) is 4.79 Å². The Morgan fingerprint density at radius 3 is 2.53 bits per heavy atom. The summed E-state index contributed by atoms with van der Waals surface area (Å²) in [4.78, 5) is 13.8. The number of carbonyl (C=O) groups is 1. The lowest BCUT2D eigenvalue weighted by molar-refractivity contribution is -0.129. The molecule has 2 rings (SSSR count). The molecule has 2 saturated heterocycles. The van der Waals surface area contributed by atoms with E-state index in [4.69, 9.17) is 9.47 Å². The minimum absolute atomic E-state index is 0.0898. The van der Waals surface area contributed by atoms with Crippen LogP contribution in [0.3, 0.4) is 0 Å². The lowest BCUT2D eigenvalue weighted by Gasteiger charge is -2.43. The van der Waals surface area contributed by atoms with E-state index in [1.807, 2.05) is 0 Å². The summed E-state index contributed by atoms with van der Waals surface area (Å²) in [6.45, 7) is 9.10. The Labute approximate surface area is 103 Å². The number of hydrogen-bond donors (Lipinski definition) is 0. The lowest BCUT2D eigenvalue weighted by Crippen LogP contribution is -2.52. The van der Waals surface area contributed by atoms with Crippen LogP contribution in [0, 0.1) is 5.41 Å². The summed E-state index contributed by atoms with van der Waals surface area (Å²) in [5, 5.41) is 0. The van der Waals surface area contributed by atoms with Gasteiger partial charge in [-0.25, -0.2) is 0 Å². The van der Waals surface area contributed by atoms with Gasteiger partial charge in [0.1, 0.15) is 6.29 Å². The molecule has 0 amide bonds. The molecule has 17 heavy (non-hydrogen) atoms. The molecule has 0 bridgehead atoms. The average molecular weight is 241 g/mol. The molecule has 0 atom stereocenters. The van der Waals surface area contributed by atoms with Gasteiger partial charge in [-0.05, 0) is 26.7 Å². The maximum Gasteiger partial charge on any atom is 0.127 e. The summed E-state index contributed by atoms with van der Waals surface area (Å²) in [6, 6.07) is 0. The number of carbonyl (C=O) groups excluding carboxylic acids is 1. The molecular formula is C13H23NO3. The molecule has 0 N–H and O–H groups in total.